The molecule has 4 heterocycles. The molecule has 2 aliphatic rings. The molecule has 0 fully saturated rings. The van der Waals surface area contributed by atoms with Gasteiger partial charge in [-0.2, -0.15) is 5.26 Å². The molecule has 1 aliphatic heterocycles. The molecule has 0 bridgehead atoms. The van der Waals surface area contributed by atoms with Crippen LogP contribution in [0.15, 0.2) is 6.33 Å². The fraction of sp³-hybridized carbons (Fsp3) is 0.421. The highest BCUT2D eigenvalue weighted by molar-refractivity contribution is 7.19. The standard InChI is InChI=1S/C19H19N5S2/c1-10-2-3-12-14(6-10)26-19-16(12)18(22-9-23-19)24-5-4-11-13(7-20)17(21)25-15(11)8-24/h9-10H,2-6,8,21H2,1H3. The van der Waals surface area contributed by atoms with Crippen molar-refractivity contribution in [3.05, 3.63) is 32.8 Å². The van der Waals surface area contributed by atoms with Crippen molar-refractivity contribution >= 4 is 43.7 Å². The average Bonchev–Trinajstić information content (AvgIpc) is 3.16. The Kier molecular flexibility index (Phi) is 3.66. The summed E-state index contributed by atoms with van der Waals surface area (Å²) in [4.78, 5) is 15.4. The number of nitrogen functional groups attached to an aromatic ring is 1. The monoisotopic (exact) mass is 381 g/mol. The van der Waals surface area contributed by atoms with Crippen LogP contribution in [-0.4, -0.2) is 16.5 Å². The second kappa shape index (κ2) is 5.93. The van der Waals surface area contributed by atoms with E-state index in [1.54, 1.807) is 17.7 Å². The summed E-state index contributed by atoms with van der Waals surface area (Å²) in [7, 11) is 0. The lowest BCUT2D eigenvalue weighted by molar-refractivity contribution is 0.509. The first-order valence-corrected chi connectivity index (χ1v) is 10.6. The molecular formula is C19H19N5S2. The Morgan fingerprint density at radius 1 is 1.23 bits per heavy atom. The molecule has 0 spiro atoms. The van der Waals surface area contributed by atoms with Gasteiger partial charge in [0, 0.05) is 16.3 Å². The Labute approximate surface area is 160 Å². The fourth-order valence-electron chi connectivity index (χ4n) is 4.23. The smallest absolute Gasteiger partial charge is 0.141 e. The molecule has 1 atom stereocenters. The van der Waals surface area contributed by atoms with Crippen LogP contribution >= 0.6 is 22.7 Å². The van der Waals surface area contributed by atoms with E-state index in [0.717, 1.165) is 54.5 Å². The van der Waals surface area contributed by atoms with Crippen molar-refractivity contribution in [1.29, 1.82) is 5.26 Å². The predicted octanol–water partition coefficient (Wildman–Crippen LogP) is 3.89. The van der Waals surface area contributed by atoms with Crippen molar-refractivity contribution in [3.63, 3.8) is 0 Å². The lowest BCUT2D eigenvalue weighted by atomic mass is 9.89. The number of hydrogen-bond acceptors (Lipinski definition) is 7. The first-order chi connectivity index (χ1) is 12.7. The van der Waals surface area contributed by atoms with Crippen LogP contribution in [0.25, 0.3) is 10.2 Å². The molecule has 0 radical (unpaired) electrons. The highest BCUT2D eigenvalue weighted by Crippen LogP contribution is 2.42. The highest BCUT2D eigenvalue weighted by Gasteiger charge is 2.28. The van der Waals surface area contributed by atoms with Gasteiger partial charge in [0.1, 0.15) is 28.0 Å². The zero-order chi connectivity index (χ0) is 17.8. The van der Waals surface area contributed by atoms with Crippen LogP contribution in [0.1, 0.15) is 39.8 Å². The van der Waals surface area contributed by atoms with E-state index in [9.17, 15) is 5.26 Å². The van der Waals surface area contributed by atoms with E-state index >= 15 is 0 Å². The van der Waals surface area contributed by atoms with Gasteiger partial charge in [-0.05, 0) is 42.7 Å². The Morgan fingerprint density at radius 2 is 2.12 bits per heavy atom. The van der Waals surface area contributed by atoms with Gasteiger partial charge >= 0.3 is 0 Å². The number of nitrogens with zero attached hydrogens (tertiary/aromatic N) is 4. The Hall–Kier alpha value is -2.17. The van der Waals surface area contributed by atoms with Crippen molar-refractivity contribution in [2.75, 3.05) is 17.2 Å². The zero-order valence-electron chi connectivity index (χ0n) is 14.6. The number of nitrogens with two attached hydrogens (primary N) is 1. The Bertz CT molecular complexity index is 1060. The maximum absolute atomic E-state index is 9.36. The third-order valence-electron chi connectivity index (χ3n) is 5.57. The van der Waals surface area contributed by atoms with Gasteiger partial charge in [-0.25, -0.2) is 9.97 Å². The number of aromatic nitrogens is 2. The van der Waals surface area contributed by atoms with Crippen LogP contribution in [0.2, 0.25) is 0 Å². The van der Waals surface area contributed by atoms with Gasteiger partial charge in [0.15, 0.2) is 0 Å². The van der Waals surface area contributed by atoms with Crippen LogP contribution in [0, 0.1) is 17.2 Å². The van der Waals surface area contributed by atoms with E-state index in [1.807, 2.05) is 11.3 Å². The molecule has 5 rings (SSSR count). The number of anilines is 2. The van der Waals surface area contributed by atoms with Crippen molar-refractivity contribution < 1.29 is 0 Å². The first-order valence-electron chi connectivity index (χ1n) is 8.96. The first kappa shape index (κ1) is 16.0. The molecule has 0 saturated heterocycles. The molecular weight excluding hydrogens is 362 g/mol. The lowest BCUT2D eigenvalue weighted by Crippen LogP contribution is -2.30. The minimum atomic E-state index is 0.647. The van der Waals surface area contributed by atoms with E-state index in [0.29, 0.717) is 10.6 Å². The molecule has 1 aliphatic carbocycles. The molecule has 0 amide bonds. The lowest BCUT2D eigenvalue weighted by Gasteiger charge is -2.29. The fourth-order valence-corrected chi connectivity index (χ4v) is 6.66. The van der Waals surface area contributed by atoms with Gasteiger partial charge in [0.25, 0.3) is 0 Å². The van der Waals surface area contributed by atoms with Crippen molar-refractivity contribution in [3.8, 4) is 6.07 Å². The number of hydrogen-bond donors (Lipinski definition) is 1. The number of nitriles is 1. The summed E-state index contributed by atoms with van der Waals surface area (Å²) in [5.74, 6) is 1.81. The summed E-state index contributed by atoms with van der Waals surface area (Å²) in [5, 5.41) is 11.3. The van der Waals surface area contributed by atoms with Gasteiger partial charge in [-0.3, -0.25) is 0 Å². The molecule has 7 heteroatoms. The summed E-state index contributed by atoms with van der Waals surface area (Å²) >= 11 is 3.39. The summed E-state index contributed by atoms with van der Waals surface area (Å²) in [6, 6.07) is 2.27. The van der Waals surface area contributed by atoms with E-state index < -0.39 is 0 Å². The number of rotatable bonds is 1. The summed E-state index contributed by atoms with van der Waals surface area (Å²) < 4.78 is 0. The maximum Gasteiger partial charge on any atom is 0.141 e. The van der Waals surface area contributed by atoms with Crippen LogP contribution in [-0.2, 0) is 25.8 Å². The highest BCUT2D eigenvalue weighted by atomic mass is 32.1. The minimum Gasteiger partial charge on any atom is -0.389 e. The summed E-state index contributed by atoms with van der Waals surface area (Å²) in [6.45, 7) is 3.98. The molecule has 132 valence electrons. The zero-order valence-corrected chi connectivity index (χ0v) is 16.2. The van der Waals surface area contributed by atoms with E-state index in [1.165, 1.54) is 27.1 Å². The molecule has 3 aromatic rings. The van der Waals surface area contributed by atoms with Crippen molar-refractivity contribution in [2.24, 2.45) is 5.92 Å². The normalized spacial score (nSPS) is 19.2. The van der Waals surface area contributed by atoms with Crippen LogP contribution < -0.4 is 10.6 Å². The second-order valence-corrected chi connectivity index (χ2v) is 9.48. The van der Waals surface area contributed by atoms with Gasteiger partial charge in [-0.1, -0.05) is 6.92 Å². The number of thiophene rings is 2. The van der Waals surface area contributed by atoms with E-state index in [4.69, 9.17) is 5.73 Å². The second-order valence-electron chi connectivity index (χ2n) is 7.26. The minimum absolute atomic E-state index is 0.647. The molecule has 0 saturated carbocycles. The molecule has 1 unspecified atom stereocenters. The molecule has 3 aromatic heterocycles. The molecule has 0 aromatic carbocycles. The Morgan fingerprint density at radius 3 is 2.96 bits per heavy atom. The maximum atomic E-state index is 9.36. The molecule has 2 N–H and O–H groups in total. The van der Waals surface area contributed by atoms with Crippen LogP contribution in [0.5, 0.6) is 0 Å². The number of aryl methyl sites for hydroxylation is 1. The van der Waals surface area contributed by atoms with Gasteiger partial charge in [0.2, 0.25) is 0 Å². The third kappa shape index (κ3) is 2.32. The van der Waals surface area contributed by atoms with Crippen molar-refractivity contribution in [2.45, 2.75) is 39.2 Å². The summed E-state index contributed by atoms with van der Waals surface area (Å²) in [6.07, 6.45) is 6.07. The van der Waals surface area contributed by atoms with Gasteiger partial charge < -0.3 is 10.6 Å². The molecule has 26 heavy (non-hydrogen) atoms. The topological polar surface area (TPSA) is 78.8 Å². The molecule has 5 nitrogen and oxygen atoms in total. The quantitative estimate of drug-likeness (QED) is 0.692. The number of fused-ring (bicyclic) bond motifs is 4. The van der Waals surface area contributed by atoms with Crippen molar-refractivity contribution in [1.82, 2.24) is 9.97 Å². The predicted molar refractivity (Wildman–Crippen MR) is 107 cm³/mol. The van der Waals surface area contributed by atoms with E-state index in [2.05, 4.69) is 27.9 Å². The van der Waals surface area contributed by atoms with E-state index in [-0.39, 0.29) is 0 Å². The van der Waals surface area contributed by atoms with Crippen LogP contribution in [0.3, 0.4) is 0 Å². The third-order valence-corrected chi connectivity index (χ3v) is 7.78. The summed E-state index contributed by atoms with van der Waals surface area (Å²) in [5.41, 5.74) is 9.33. The SMILES string of the molecule is CC1CCc2c(sc3ncnc(N4CCc5c(sc(N)c5C#N)C4)c23)C1. The Balaban J connectivity index is 1.59. The van der Waals surface area contributed by atoms with Gasteiger partial charge in [0.05, 0.1) is 17.5 Å². The van der Waals surface area contributed by atoms with Gasteiger partial charge in [-0.15, -0.1) is 22.7 Å². The largest absolute Gasteiger partial charge is 0.389 e. The average molecular weight is 382 g/mol. The van der Waals surface area contributed by atoms with Crippen LogP contribution in [0.4, 0.5) is 10.8 Å².